The van der Waals surface area contributed by atoms with E-state index in [1.165, 1.54) is 17.2 Å². The third-order valence-electron chi connectivity index (χ3n) is 8.46. The molecule has 0 spiro atoms. The smallest absolute Gasteiger partial charge is 0.227 e. The summed E-state index contributed by atoms with van der Waals surface area (Å²) in [7, 11) is 0. The first-order valence-electron chi connectivity index (χ1n) is 13.7. The van der Waals surface area contributed by atoms with Crippen LogP contribution in [-0.4, -0.2) is 60.9 Å². The Morgan fingerprint density at radius 3 is 2.17 bits per heavy atom. The van der Waals surface area contributed by atoms with Gasteiger partial charge in [-0.25, -0.2) is 4.39 Å². The van der Waals surface area contributed by atoms with Crippen LogP contribution in [0.5, 0.6) is 0 Å². The highest BCUT2D eigenvalue weighted by Crippen LogP contribution is 2.35. The van der Waals surface area contributed by atoms with Gasteiger partial charge in [-0.3, -0.25) is 9.59 Å². The molecule has 2 heterocycles. The number of halogens is 1. The number of piperidine rings is 1. The number of nitrogens with zero attached hydrogens (tertiary/aromatic N) is 3. The molecular formula is C30H38FN3O2. The molecule has 6 heteroatoms. The number of carbonyl (C=O) groups excluding carboxylic acids is 2. The van der Waals surface area contributed by atoms with Gasteiger partial charge in [0, 0.05) is 51.1 Å². The van der Waals surface area contributed by atoms with Gasteiger partial charge in [0.15, 0.2) is 0 Å². The molecule has 2 aliphatic heterocycles. The van der Waals surface area contributed by atoms with Crippen LogP contribution in [0.25, 0.3) is 0 Å². The fraction of sp³-hybridized carbons (Fsp3) is 0.533. The van der Waals surface area contributed by atoms with E-state index in [1.54, 1.807) is 12.1 Å². The van der Waals surface area contributed by atoms with Crippen LogP contribution in [-0.2, 0) is 16.0 Å². The molecule has 5 rings (SSSR count). The maximum Gasteiger partial charge on any atom is 0.227 e. The van der Waals surface area contributed by atoms with Crippen molar-refractivity contribution in [1.29, 1.82) is 0 Å². The molecule has 0 unspecified atom stereocenters. The highest BCUT2D eigenvalue weighted by molar-refractivity contribution is 5.83. The van der Waals surface area contributed by atoms with Crippen molar-refractivity contribution in [2.45, 2.75) is 51.4 Å². The second kappa shape index (κ2) is 11.0. The Morgan fingerprint density at radius 2 is 1.50 bits per heavy atom. The van der Waals surface area contributed by atoms with E-state index in [2.05, 4.69) is 31.2 Å². The normalized spacial score (nSPS) is 23.2. The molecular weight excluding hydrogens is 453 g/mol. The lowest BCUT2D eigenvalue weighted by molar-refractivity contribution is -0.143. The molecule has 5 nitrogen and oxygen atoms in total. The summed E-state index contributed by atoms with van der Waals surface area (Å²) < 4.78 is 14.3. The summed E-state index contributed by atoms with van der Waals surface area (Å²) in [6.07, 6.45) is 5.97. The summed E-state index contributed by atoms with van der Waals surface area (Å²) >= 11 is 0. The van der Waals surface area contributed by atoms with Crippen LogP contribution < -0.4 is 4.90 Å². The van der Waals surface area contributed by atoms with E-state index in [0.29, 0.717) is 45.0 Å². The van der Waals surface area contributed by atoms with Crippen molar-refractivity contribution in [3.8, 4) is 0 Å². The van der Waals surface area contributed by atoms with Crippen molar-refractivity contribution < 1.29 is 14.0 Å². The second-order valence-corrected chi connectivity index (χ2v) is 10.7. The van der Waals surface area contributed by atoms with Crippen molar-refractivity contribution in [3.05, 3.63) is 65.5 Å². The first-order valence-corrected chi connectivity index (χ1v) is 13.7. The molecule has 2 aromatic carbocycles. The molecule has 2 aromatic rings. The predicted molar refractivity (Wildman–Crippen MR) is 140 cm³/mol. The minimum atomic E-state index is -0.220. The van der Waals surface area contributed by atoms with E-state index in [1.807, 2.05) is 20.8 Å². The Balaban J connectivity index is 1.29. The zero-order valence-electron chi connectivity index (χ0n) is 21.4. The highest BCUT2D eigenvalue weighted by atomic mass is 19.1. The van der Waals surface area contributed by atoms with Crippen LogP contribution in [0.4, 0.5) is 10.1 Å². The van der Waals surface area contributed by atoms with Crippen LogP contribution in [0, 0.1) is 17.7 Å². The zero-order valence-corrected chi connectivity index (χ0v) is 21.4. The minimum absolute atomic E-state index is 0.117. The summed E-state index contributed by atoms with van der Waals surface area (Å²) in [4.78, 5) is 33.1. The number of anilines is 1. The lowest BCUT2D eigenvalue weighted by atomic mass is 9.82. The molecule has 36 heavy (non-hydrogen) atoms. The Bertz CT molecular complexity index is 1060. The van der Waals surface area contributed by atoms with E-state index in [9.17, 15) is 14.0 Å². The van der Waals surface area contributed by atoms with Gasteiger partial charge < -0.3 is 14.7 Å². The number of carbonyl (C=O) groups is 2. The molecule has 0 bridgehead atoms. The third kappa shape index (κ3) is 5.28. The van der Waals surface area contributed by atoms with Gasteiger partial charge in [-0.1, -0.05) is 56.2 Å². The number of hydrogen-bond donors (Lipinski definition) is 0. The summed E-state index contributed by atoms with van der Waals surface area (Å²) in [5.74, 6) is 0.254. The molecule has 2 saturated heterocycles. The maximum atomic E-state index is 14.3. The lowest BCUT2D eigenvalue weighted by Gasteiger charge is -2.42. The topological polar surface area (TPSA) is 43.9 Å². The van der Waals surface area contributed by atoms with E-state index < -0.39 is 0 Å². The molecule has 2 amide bonds. The second-order valence-electron chi connectivity index (χ2n) is 10.7. The van der Waals surface area contributed by atoms with Crippen molar-refractivity contribution in [2.24, 2.45) is 11.8 Å². The van der Waals surface area contributed by atoms with Gasteiger partial charge >= 0.3 is 0 Å². The zero-order chi connectivity index (χ0) is 25.1. The molecule has 3 fully saturated rings. The van der Waals surface area contributed by atoms with E-state index >= 15 is 0 Å². The monoisotopic (exact) mass is 491 g/mol. The van der Waals surface area contributed by atoms with Crippen LogP contribution in [0.1, 0.15) is 56.1 Å². The maximum absolute atomic E-state index is 14.3. The molecule has 2 atom stereocenters. The standard InChI is InChI=1S/C30H38FN3O2/c1-2-22-11-13-23(14-12-22)25-19-26(21-34(20-25)29(35)24-7-3-4-8-24)30(36)33-17-15-32(16-18-33)28-10-6-5-9-27(28)31/h5-6,9-14,24-26H,2-4,7-8,15-21H2,1H3/t25-,26-/m0/s1. The fourth-order valence-electron chi connectivity index (χ4n) is 6.29. The van der Waals surface area contributed by atoms with Gasteiger partial charge in [0.25, 0.3) is 0 Å². The average Bonchev–Trinajstić information content (AvgIpc) is 3.48. The number of piperazine rings is 1. The largest absolute Gasteiger partial charge is 0.366 e. The van der Waals surface area contributed by atoms with Crippen LogP contribution in [0.15, 0.2) is 48.5 Å². The van der Waals surface area contributed by atoms with E-state index in [4.69, 9.17) is 0 Å². The Labute approximate surface area is 214 Å². The summed E-state index contributed by atoms with van der Waals surface area (Å²) in [5, 5.41) is 0. The number of hydrogen-bond acceptors (Lipinski definition) is 3. The summed E-state index contributed by atoms with van der Waals surface area (Å²) in [6, 6.07) is 15.5. The van der Waals surface area contributed by atoms with E-state index in [0.717, 1.165) is 38.5 Å². The van der Waals surface area contributed by atoms with Crippen LogP contribution in [0.2, 0.25) is 0 Å². The molecule has 192 valence electrons. The number of rotatable bonds is 5. The van der Waals surface area contributed by atoms with Gasteiger partial charge in [0.1, 0.15) is 5.82 Å². The van der Waals surface area contributed by atoms with Crippen molar-refractivity contribution in [3.63, 3.8) is 0 Å². The Kier molecular flexibility index (Phi) is 7.59. The molecule has 1 aliphatic carbocycles. The molecule has 0 radical (unpaired) electrons. The minimum Gasteiger partial charge on any atom is -0.366 e. The first-order chi connectivity index (χ1) is 17.5. The van der Waals surface area contributed by atoms with Gasteiger partial charge in [-0.05, 0) is 48.9 Å². The lowest BCUT2D eigenvalue weighted by Crippen LogP contribution is -2.54. The number of likely N-dealkylation sites (tertiary alicyclic amines) is 1. The Morgan fingerprint density at radius 1 is 0.833 bits per heavy atom. The van der Waals surface area contributed by atoms with Crippen molar-refractivity contribution in [2.75, 3.05) is 44.2 Å². The highest BCUT2D eigenvalue weighted by Gasteiger charge is 2.39. The van der Waals surface area contributed by atoms with Crippen molar-refractivity contribution >= 4 is 17.5 Å². The number of benzene rings is 2. The van der Waals surface area contributed by atoms with Crippen LogP contribution in [0.3, 0.4) is 0 Å². The van der Waals surface area contributed by atoms with Crippen molar-refractivity contribution in [1.82, 2.24) is 9.80 Å². The summed E-state index contributed by atoms with van der Waals surface area (Å²) in [6.45, 7) is 5.76. The van der Waals surface area contributed by atoms with Crippen LogP contribution >= 0.6 is 0 Å². The predicted octanol–water partition coefficient (Wildman–Crippen LogP) is 4.86. The SMILES string of the molecule is CCc1ccc([C@H]2C[C@H](C(=O)N3CCN(c4ccccc4F)CC3)CN(C(=O)C3CCCC3)C2)cc1. The quantitative estimate of drug-likeness (QED) is 0.600. The average molecular weight is 492 g/mol. The third-order valence-corrected chi connectivity index (χ3v) is 8.46. The number of amides is 2. The van der Waals surface area contributed by atoms with E-state index in [-0.39, 0.29) is 35.4 Å². The van der Waals surface area contributed by atoms with Gasteiger partial charge in [-0.15, -0.1) is 0 Å². The van der Waals surface area contributed by atoms with Gasteiger partial charge in [0.2, 0.25) is 11.8 Å². The molecule has 0 N–H and O–H groups in total. The molecule has 3 aliphatic rings. The number of aryl methyl sites for hydroxylation is 1. The van der Waals surface area contributed by atoms with Gasteiger partial charge in [-0.2, -0.15) is 0 Å². The fourth-order valence-corrected chi connectivity index (χ4v) is 6.29. The Hall–Kier alpha value is -2.89. The number of para-hydroxylation sites is 1. The van der Waals surface area contributed by atoms with Gasteiger partial charge in [0.05, 0.1) is 11.6 Å². The molecule has 1 saturated carbocycles. The first kappa shape index (κ1) is 24.8. The molecule has 0 aromatic heterocycles. The summed E-state index contributed by atoms with van der Waals surface area (Å²) in [5.41, 5.74) is 3.12.